The van der Waals surface area contributed by atoms with Crippen LogP contribution in [0.15, 0.2) is 59.1 Å². The van der Waals surface area contributed by atoms with Crippen LogP contribution in [-0.4, -0.2) is 11.7 Å². The summed E-state index contributed by atoms with van der Waals surface area (Å²) in [6, 6.07) is 18.1. The second kappa shape index (κ2) is 6.85. The molecule has 2 nitrogen and oxygen atoms in total. The minimum absolute atomic E-state index is 0.214. The number of hydrogen-bond donors (Lipinski definition) is 2. The van der Waals surface area contributed by atoms with E-state index in [2.05, 4.69) is 40.3 Å². The van der Waals surface area contributed by atoms with E-state index in [4.69, 9.17) is 0 Å². The van der Waals surface area contributed by atoms with Crippen LogP contribution in [0.1, 0.15) is 30.2 Å². The van der Waals surface area contributed by atoms with Gasteiger partial charge in [0.15, 0.2) is 0 Å². The lowest BCUT2D eigenvalue weighted by molar-refractivity contribution is 0.171. The molecule has 0 spiro atoms. The fraction of sp³-hybridized carbons (Fsp3) is 0.250. The van der Waals surface area contributed by atoms with Gasteiger partial charge in [0.25, 0.3) is 0 Å². The van der Waals surface area contributed by atoms with E-state index in [1.807, 2.05) is 42.5 Å². The van der Waals surface area contributed by atoms with E-state index >= 15 is 0 Å². The van der Waals surface area contributed by atoms with E-state index in [9.17, 15) is 5.11 Å². The first-order valence-corrected chi connectivity index (χ1v) is 7.18. The molecule has 2 rings (SSSR count). The summed E-state index contributed by atoms with van der Waals surface area (Å²) in [5.74, 6) is 0. The van der Waals surface area contributed by atoms with Gasteiger partial charge in [-0.2, -0.15) is 0 Å². The minimum atomic E-state index is -0.473. The predicted molar refractivity (Wildman–Crippen MR) is 82.0 cm³/mol. The van der Waals surface area contributed by atoms with Crippen LogP contribution in [0, 0.1) is 0 Å². The second-order valence-corrected chi connectivity index (χ2v) is 5.52. The van der Waals surface area contributed by atoms with Crippen LogP contribution in [0.5, 0.6) is 0 Å². The van der Waals surface area contributed by atoms with Gasteiger partial charge in [-0.05, 0) is 30.2 Å². The molecule has 0 fully saturated rings. The Bertz CT molecular complexity index is 498. The molecule has 0 radical (unpaired) electrons. The summed E-state index contributed by atoms with van der Waals surface area (Å²) >= 11 is 3.43. The molecule has 0 aliphatic rings. The number of aliphatic hydroxyl groups is 1. The molecule has 2 atom stereocenters. The Kier molecular flexibility index (Phi) is 5.14. The van der Waals surface area contributed by atoms with Crippen molar-refractivity contribution in [1.29, 1.82) is 0 Å². The van der Waals surface area contributed by atoms with Crippen molar-refractivity contribution < 1.29 is 5.11 Å². The molecule has 19 heavy (non-hydrogen) atoms. The normalized spacial score (nSPS) is 14.1. The van der Waals surface area contributed by atoms with Gasteiger partial charge in [0.2, 0.25) is 0 Å². The van der Waals surface area contributed by atoms with Crippen molar-refractivity contribution in [3.8, 4) is 0 Å². The van der Waals surface area contributed by atoms with E-state index in [0.29, 0.717) is 6.54 Å². The van der Waals surface area contributed by atoms with Crippen molar-refractivity contribution in [3.05, 3.63) is 70.2 Å². The van der Waals surface area contributed by atoms with Crippen LogP contribution in [0.3, 0.4) is 0 Å². The lowest BCUT2D eigenvalue weighted by Gasteiger charge is -2.18. The number of rotatable bonds is 5. The van der Waals surface area contributed by atoms with Crippen LogP contribution in [0.4, 0.5) is 0 Å². The Morgan fingerprint density at radius 2 is 1.63 bits per heavy atom. The minimum Gasteiger partial charge on any atom is -0.387 e. The zero-order valence-corrected chi connectivity index (χ0v) is 12.5. The van der Waals surface area contributed by atoms with Gasteiger partial charge in [0, 0.05) is 17.1 Å². The van der Waals surface area contributed by atoms with Gasteiger partial charge in [-0.25, -0.2) is 0 Å². The van der Waals surface area contributed by atoms with Gasteiger partial charge in [-0.15, -0.1) is 0 Å². The van der Waals surface area contributed by atoms with Gasteiger partial charge < -0.3 is 10.4 Å². The van der Waals surface area contributed by atoms with Crippen molar-refractivity contribution in [3.63, 3.8) is 0 Å². The molecule has 2 N–H and O–H groups in total. The van der Waals surface area contributed by atoms with Gasteiger partial charge in [0.1, 0.15) is 0 Å². The lowest BCUT2D eigenvalue weighted by Crippen LogP contribution is -2.24. The highest BCUT2D eigenvalue weighted by atomic mass is 79.9. The average Bonchev–Trinajstić information content (AvgIpc) is 2.46. The van der Waals surface area contributed by atoms with E-state index in [0.717, 1.165) is 10.0 Å². The Hall–Kier alpha value is -1.16. The summed E-state index contributed by atoms with van der Waals surface area (Å²) < 4.78 is 1.08. The highest BCUT2D eigenvalue weighted by Gasteiger charge is 2.10. The number of benzene rings is 2. The highest BCUT2D eigenvalue weighted by molar-refractivity contribution is 9.10. The van der Waals surface area contributed by atoms with Gasteiger partial charge in [-0.1, -0.05) is 58.4 Å². The Morgan fingerprint density at radius 1 is 1.00 bits per heavy atom. The fourth-order valence-corrected chi connectivity index (χ4v) is 2.22. The standard InChI is InChI=1S/C16H18BrNO/c1-12(13-7-9-15(17)10-8-13)18-11-16(19)14-5-3-2-4-6-14/h2-10,12,16,18-19H,11H2,1H3/t12-,16?/m0/s1. The third kappa shape index (κ3) is 4.16. The fourth-order valence-electron chi connectivity index (χ4n) is 1.95. The maximum Gasteiger partial charge on any atom is 0.0914 e. The molecule has 2 aromatic carbocycles. The molecule has 2 aromatic rings. The van der Waals surface area contributed by atoms with Crippen LogP contribution in [0.25, 0.3) is 0 Å². The third-order valence-corrected chi connectivity index (χ3v) is 3.70. The van der Waals surface area contributed by atoms with Gasteiger partial charge in [-0.3, -0.25) is 0 Å². The topological polar surface area (TPSA) is 32.3 Å². The molecule has 0 aromatic heterocycles. The molecule has 1 unspecified atom stereocenters. The molecule has 100 valence electrons. The molecule has 0 aliphatic carbocycles. The maximum atomic E-state index is 10.1. The van der Waals surface area contributed by atoms with E-state index < -0.39 is 6.10 Å². The van der Waals surface area contributed by atoms with Crippen molar-refractivity contribution in [2.24, 2.45) is 0 Å². The SMILES string of the molecule is C[C@H](NCC(O)c1ccccc1)c1ccc(Br)cc1. The summed E-state index contributed by atoms with van der Waals surface area (Å²) in [4.78, 5) is 0. The van der Waals surface area contributed by atoms with Crippen molar-refractivity contribution >= 4 is 15.9 Å². The molecular formula is C16H18BrNO. The molecule has 0 bridgehead atoms. The average molecular weight is 320 g/mol. The van der Waals surface area contributed by atoms with Crippen molar-refractivity contribution in [1.82, 2.24) is 5.32 Å². The molecule has 0 aliphatic heterocycles. The molecule has 0 saturated heterocycles. The third-order valence-electron chi connectivity index (χ3n) is 3.17. The van der Waals surface area contributed by atoms with Crippen molar-refractivity contribution in [2.75, 3.05) is 6.54 Å². The second-order valence-electron chi connectivity index (χ2n) is 4.61. The molecule has 0 saturated carbocycles. The monoisotopic (exact) mass is 319 g/mol. The quantitative estimate of drug-likeness (QED) is 0.877. The van der Waals surface area contributed by atoms with Gasteiger partial charge >= 0.3 is 0 Å². The summed E-state index contributed by atoms with van der Waals surface area (Å²) in [7, 11) is 0. The van der Waals surface area contributed by atoms with Crippen LogP contribution < -0.4 is 5.32 Å². The Balaban J connectivity index is 1.90. The predicted octanol–water partition coefficient (Wildman–Crippen LogP) is 3.83. The summed E-state index contributed by atoms with van der Waals surface area (Å²) in [5.41, 5.74) is 2.15. The first-order valence-electron chi connectivity index (χ1n) is 6.38. The molecule has 3 heteroatoms. The first-order chi connectivity index (χ1) is 9.16. The number of aliphatic hydroxyl groups excluding tert-OH is 1. The van der Waals surface area contributed by atoms with Crippen LogP contribution in [-0.2, 0) is 0 Å². The lowest BCUT2D eigenvalue weighted by atomic mass is 10.1. The number of hydrogen-bond acceptors (Lipinski definition) is 2. The highest BCUT2D eigenvalue weighted by Crippen LogP contribution is 2.18. The van der Waals surface area contributed by atoms with Crippen molar-refractivity contribution in [2.45, 2.75) is 19.1 Å². The van der Waals surface area contributed by atoms with E-state index in [-0.39, 0.29) is 6.04 Å². The smallest absolute Gasteiger partial charge is 0.0914 e. The summed E-state index contributed by atoms with van der Waals surface area (Å²) in [6.07, 6.45) is -0.473. The summed E-state index contributed by atoms with van der Waals surface area (Å²) in [5, 5.41) is 13.4. The molecular weight excluding hydrogens is 302 g/mol. The number of nitrogens with one attached hydrogen (secondary N) is 1. The van der Waals surface area contributed by atoms with E-state index in [1.165, 1.54) is 5.56 Å². The first kappa shape index (κ1) is 14.3. The van der Waals surface area contributed by atoms with Crippen LogP contribution >= 0.6 is 15.9 Å². The van der Waals surface area contributed by atoms with Gasteiger partial charge in [0.05, 0.1) is 6.10 Å². The molecule has 0 heterocycles. The zero-order valence-electron chi connectivity index (χ0n) is 10.9. The summed E-state index contributed by atoms with van der Waals surface area (Å²) in [6.45, 7) is 2.64. The zero-order chi connectivity index (χ0) is 13.7. The Morgan fingerprint density at radius 3 is 2.26 bits per heavy atom. The van der Waals surface area contributed by atoms with Crippen LogP contribution in [0.2, 0.25) is 0 Å². The maximum absolute atomic E-state index is 10.1. The van der Waals surface area contributed by atoms with E-state index in [1.54, 1.807) is 0 Å². The largest absolute Gasteiger partial charge is 0.387 e. The number of halogens is 1. The Labute approximate surface area is 122 Å². The molecule has 0 amide bonds.